The molecule has 0 aliphatic carbocycles. The third-order valence-electron chi connectivity index (χ3n) is 4.02. The molecule has 0 saturated carbocycles. The molecule has 2 aromatic rings. The standard InChI is InChI=1S/C21H27NO3/c1-4-20(25-19-12-10-18(24-3)11-13-19)21(23)22-14-6-9-17-8-5-7-16(2)15-17/h5,7-8,10-13,15,20H,4,6,9,14H2,1-3H3,(H,22,23)/t20-/m0/s1. The van der Waals surface area contributed by atoms with Gasteiger partial charge in [-0.05, 0) is 56.0 Å². The van der Waals surface area contributed by atoms with E-state index >= 15 is 0 Å². The Hall–Kier alpha value is -2.49. The molecule has 1 atom stereocenters. The molecule has 0 fully saturated rings. The molecule has 0 bridgehead atoms. The summed E-state index contributed by atoms with van der Waals surface area (Å²) in [5.41, 5.74) is 2.57. The second kappa shape index (κ2) is 9.72. The molecule has 1 amide bonds. The molecule has 2 rings (SSSR count). The monoisotopic (exact) mass is 341 g/mol. The first-order valence-electron chi connectivity index (χ1n) is 8.76. The summed E-state index contributed by atoms with van der Waals surface area (Å²) in [6, 6.07) is 15.7. The van der Waals surface area contributed by atoms with Crippen molar-refractivity contribution in [1.82, 2.24) is 5.32 Å². The Bertz CT molecular complexity index is 667. The molecule has 0 spiro atoms. The van der Waals surface area contributed by atoms with Crippen molar-refractivity contribution in [2.75, 3.05) is 13.7 Å². The smallest absolute Gasteiger partial charge is 0.261 e. The van der Waals surface area contributed by atoms with E-state index in [1.807, 2.05) is 31.2 Å². The molecular formula is C21H27NO3. The summed E-state index contributed by atoms with van der Waals surface area (Å²) in [6.07, 6.45) is 2.01. The lowest BCUT2D eigenvalue weighted by Crippen LogP contribution is -2.38. The molecule has 1 N–H and O–H groups in total. The lowest BCUT2D eigenvalue weighted by Gasteiger charge is -2.17. The Kier molecular flexibility index (Phi) is 7.33. The highest BCUT2D eigenvalue weighted by Gasteiger charge is 2.17. The number of nitrogens with one attached hydrogen (secondary N) is 1. The fourth-order valence-electron chi connectivity index (χ4n) is 2.63. The Labute approximate surface area is 150 Å². The summed E-state index contributed by atoms with van der Waals surface area (Å²) in [6.45, 7) is 4.68. The summed E-state index contributed by atoms with van der Waals surface area (Å²) in [5.74, 6) is 1.37. The van der Waals surface area contributed by atoms with Gasteiger partial charge in [0.05, 0.1) is 7.11 Å². The first-order chi connectivity index (χ1) is 12.1. The molecule has 0 heterocycles. The minimum atomic E-state index is -0.479. The Balaban J connectivity index is 1.77. The minimum absolute atomic E-state index is 0.0671. The molecule has 2 aromatic carbocycles. The van der Waals surface area contributed by atoms with Gasteiger partial charge >= 0.3 is 0 Å². The van der Waals surface area contributed by atoms with Crippen molar-refractivity contribution in [3.8, 4) is 11.5 Å². The fourth-order valence-corrected chi connectivity index (χ4v) is 2.63. The van der Waals surface area contributed by atoms with Gasteiger partial charge in [0.1, 0.15) is 11.5 Å². The quantitative estimate of drug-likeness (QED) is 0.704. The third kappa shape index (κ3) is 6.14. The Morgan fingerprint density at radius 3 is 2.48 bits per heavy atom. The Morgan fingerprint density at radius 1 is 1.12 bits per heavy atom. The van der Waals surface area contributed by atoms with Crippen LogP contribution in [0, 0.1) is 6.92 Å². The van der Waals surface area contributed by atoms with Crippen LogP contribution in [0.25, 0.3) is 0 Å². The molecule has 0 aromatic heterocycles. The van der Waals surface area contributed by atoms with Crippen LogP contribution in [0.2, 0.25) is 0 Å². The summed E-state index contributed by atoms with van der Waals surface area (Å²) < 4.78 is 10.9. The second-order valence-corrected chi connectivity index (χ2v) is 6.07. The lowest BCUT2D eigenvalue weighted by atomic mass is 10.1. The number of ether oxygens (including phenoxy) is 2. The molecule has 134 valence electrons. The summed E-state index contributed by atoms with van der Waals surface area (Å²) in [5, 5.41) is 2.97. The molecule has 4 heteroatoms. The number of carbonyl (C=O) groups excluding carboxylic acids is 1. The van der Waals surface area contributed by atoms with Crippen LogP contribution < -0.4 is 14.8 Å². The highest BCUT2D eigenvalue weighted by Crippen LogP contribution is 2.19. The zero-order valence-corrected chi connectivity index (χ0v) is 15.2. The summed E-state index contributed by atoms with van der Waals surface area (Å²) in [7, 11) is 1.62. The van der Waals surface area contributed by atoms with E-state index in [9.17, 15) is 4.79 Å². The minimum Gasteiger partial charge on any atom is -0.497 e. The van der Waals surface area contributed by atoms with E-state index < -0.39 is 6.10 Å². The lowest BCUT2D eigenvalue weighted by molar-refractivity contribution is -0.128. The van der Waals surface area contributed by atoms with E-state index in [0.717, 1.165) is 18.6 Å². The molecular weight excluding hydrogens is 314 g/mol. The van der Waals surface area contributed by atoms with E-state index in [2.05, 4.69) is 36.5 Å². The summed E-state index contributed by atoms with van der Waals surface area (Å²) in [4.78, 5) is 12.3. The van der Waals surface area contributed by atoms with E-state index in [1.165, 1.54) is 11.1 Å². The Morgan fingerprint density at radius 2 is 1.84 bits per heavy atom. The van der Waals surface area contributed by atoms with Crippen LogP contribution in [0.5, 0.6) is 11.5 Å². The van der Waals surface area contributed by atoms with Gasteiger partial charge in [-0.25, -0.2) is 0 Å². The van der Waals surface area contributed by atoms with Crippen molar-refractivity contribution >= 4 is 5.91 Å². The average Bonchev–Trinajstić information content (AvgIpc) is 2.63. The summed E-state index contributed by atoms with van der Waals surface area (Å²) >= 11 is 0. The number of carbonyl (C=O) groups is 1. The third-order valence-corrected chi connectivity index (χ3v) is 4.02. The maximum absolute atomic E-state index is 12.3. The average molecular weight is 341 g/mol. The van der Waals surface area contributed by atoms with Crippen LogP contribution in [0.3, 0.4) is 0 Å². The molecule has 0 unspecified atom stereocenters. The van der Waals surface area contributed by atoms with Crippen molar-refractivity contribution in [1.29, 1.82) is 0 Å². The molecule has 0 radical (unpaired) electrons. The largest absolute Gasteiger partial charge is 0.497 e. The topological polar surface area (TPSA) is 47.6 Å². The van der Waals surface area contributed by atoms with E-state index in [-0.39, 0.29) is 5.91 Å². The van der Waals surface area contributed by atoms with Crippen LogP contribution in [-0.2, 0) is 11.2 Å². The van der Waals surface area contributed by atoms with Gasteiger partial charge in [-0.3, -0.25) is 4.79 Å². The molecule has 0 aliphatic rings. The van der Waals surface area contributed by atoms with Crippen molar-refractivity contribution in [3.63, 3.8) is 0 Å². The number of methoxy groups -OCH3 is 1. The number of hydrogen-bond acceptors (Lipinski definition) is 3. The van der Waals surface area contributed by atoms with E-state index in [1.54, 1.807) is 7.11 Å². The van der Waals surface area contributed by atoms with Crippen LogP contribution in [0.1, 0.15) is 30.9 Å². The van der Waals surface area contributed by atoms with Gasteiger partial charge in [-0.2, -0.15) is 0 Å². The van der Waals surface area contributed by atoms with Gasteiger partial charge in [0.2, 0.25) is 0 Å². The van der Waals surface area contributed by atoms with Gasteiger partial charge in [0.15, 0.2) is 6.10 Å². The molecule has 0 saturated heterocycles. The molecule has 4 nitrogen and oxygen atoms in total. The van der Waals surface area contributed by atoms with Crippen molar-refractivity contribution in [2.24, 2.45) is 0 Å². The fraction of sp³-hybridized carbons (Fsp3) is 0.381. The van der Waals surface area contributed by atoms with Gasteiger partial charge in [0, 0.05) is 6.54 Å². The van der Waals surface area contributed by atoms with Gasteiger partial charge in [0.25, 0.3) is 5.91 Å². The van der Waals surface area contributed by atoms with Gasteiger partial charge < -0.3 is 14.8 Å². The second-order valence-electron chi connectivity index (χ2n) is 6.07. The van der Waals surface area contributed by atoms with E-state index in [4.69, 9.17) is 9.47 Å². The van der Waals surface area contributed by atoms with Crippen molar-refractivity contribution in [3.05, 3.63) is 59.7 Å². The zero-order valence-electron chi connectivity index (χ0n) is 15.2. The van der Waals surface area contributed by atoms with Crippen LogP contribution in [0.4, 0.5) is 0 Å². The normalized spacial score (nSPS) is 11.6. The number of aryl methyl sites for hydroxylation is 2. The number of benzene rings is 2. The first-order valence-corrected chi connectivity index (χ1v) is 8.76. The maximum Gasteiger partial charge on any atom is 0.261 e. The zero-order chi connectivity index (χ0) is 18.1. The van der Waals surface area contributed by atoms with E-state index in [0.29, 0.717) is 18.7 Å². The van der Waals surface area contributed by atoms with Crippen molar-refractivity contribution in [2.45, 2.75) is 39.2 Å². The highest BCUT2D eigenvalue weighted by atomic mass is 16.5. The van der Waals surface area contributed by atoms with Crippen LogP contribution in [-0.4, -0.2) is 25.7 Å². The maximum atomic E-state index is 12.3. The predicted octanol–water partition coefficient (Wildman–Crippen LogP) is 3.91. The highest BCUT2D eigenvalue weighted by molar-refractivity contribution is 5.81. The van der Waals surface area contributed by atoms with Crippen molar-refractivity contribution < 1.29 is 14.3 Å². The van der Waals surface area contributed by atoms with Crippen LogP contribution >= 0.6 is 0 Å². The van der Waals surface area contributed by atoms with Crippen LogP contribution in [0.15, 0.2) is 48.5 Å². The first kappa shape index (κ1) is 18.8. The number of hydrogen-bond donors (Lipinski definition) is 1. The van der Waals surface area contributed by atoms with Gasteiger partial charge in [-0.1, -0.05) is 36.8 Å². The predicted molar refractivity (Wildman–Crippen MR) is 100 cm³/mol. The number of rotatable bonds is 9. The van der Waals surface area contributed by atoms with Gasteiger partial charge in [-0.15, -0.1) is 0 Å². The molecule has 25 heavy (non-hydrogen) atoms. The molecule has 0 aliphatic heterocycles. The SMILES string of the molecule is CC[C@H](Oc1ccc(OC)cc1)C(=O)NCCCc1cccc(C)c1. The number of amides is 1.